The maximum Gasteiger partial charge on any atom is 0.247 e. The molecule has 4 N–H and O–H groups in total. The van der Waals surface area contributed by atoms with Crippen LogP contribution in [0.5, 0.6) is 11.6 Å². The van der Waals surface area contributed by atoms with Gasteiger partial charge in [-0.05, 0) is 60.0 Å². The van der Waals surface area contributed by atoms with Crippen LogP contribution in [0, 0.1) is 18.6 Å². The van der Waals surface area contributed by atoms with Gasteiger partial charge >= 0.3 is 0 Å². The third-order valence-corrected chi connectivity index (χ3v) is 7.08. The van der Waals surface area contributed by atoms with E-state index in [1.807, 2.05) is 13.1 Å². The van der Waals surface area contributed by atoms with Gasteiger partial charge in [-0.15, -0.1) is 0 Å². The smallest absolute Gasteiger partial charge is 0.247 e. The predicted octanol–water partition coefficient (Wildman–Crippen LogP) is 2.74. The molecular formula is C29H31F2N7O4. The lowest BCUT2D eigenvalue weighted by Crippen LogP contribution is -2.40. The summed E-state index contributed by atoms with van der Waals surface area (Å²) in [4.78, 5) is 31.5. The molecule has 2 aromatic heterocycles. The second-order valence-corrected chi connectivity index (χ2v) is 9.89. The Kier molecular flexibility index (Phi) is 9.00. The molecule has 4 aromatic rings. The minimum absolute atomic E-state index is 0.0316. The highest BCUT2D eigenvalue weighted by atomic mass is 19.1. The Bertz CT molecular complexity index is 1570. The van der Waals surface area contributed by atoms with Crippen molar-refractivity contribution >= 4 is 23.0 Å². The van der Waals surface area contributed by atoms with Crippen molar-refractivity contribution in [3.8, 4) is 11.6 Å². The van der Waals surface area contributed by atoms with Crippen LogP contribution in [0.15, 0.2) is 55.0 Å². The number of nitrogens with two attached hydrogens (primary N) is 1. The first-order valence-corrected chi connectivity index (χ1v) is 13.5. The lowest BCUT2D eigenvalue weighted by molar-refractivity contribution is -0.127. The van der Waals surface area contributed by atoms with Crippen molar-refractivity contribution < 1.29 is 27.8 Å². The third-order valence-electron chi connectivity index (χ3n) is 7.08. The van der Waals surface area contributed by atoms with Crippen molar-refractivity contribution in [1.82, 2.24) is 24.8 Å². The van der Waals surface area contributed by atoms with Gasteiger partial charge in [-0.1, -0.05) is 6.07 Å². The van der Waals surface area contributed by atoms with Gasteiger partial charge < -0.3 is 25.8 Å². The van der Waals surface area contributed by atoms with Gasteiger partial charge in [0.25, 0.3) is 0 Å². The normalized spacial score (nSPS) is 14.5. The van der Waals surface area contributed by atoms with E-state index in [0.717, 1.165) is 68.7 Å². The van der Waals surface area contributed by atoms with Gasteiger partial charge in [0, 0.05) is 44.6 Å². The fraction of sp³-hybridized carbons (Fsp3) is 0.310. The Morgan fingerprint density at radius 1 is 1.14 bits per heavy atom. The van der Waals surface area contributed by atoms with E-state index in [0.29, 0.717) is 12.1 Å². The molecule has 1 unspecified atom stereocenters. The number of benzene rings is 2. The Balaban J connectivity index is 1.29. The fourth-order valence-electron chi connectivity index (χ4n) is 4.79. The molecule has 2 amide bonds. The third kappa shape index (κ3) is 6.70. The molecule has 1 aliphatic heterocycles. The SMILES string of the molecule is Cc1c(CNCCN2CCOCC2)cn2ncnc(Oc3ccc(C(C(N)=O)C(=O)Nc4ccc(F)cc4)cc3F)c12. The van der Waals surface area contributed by atoms with Gasteiger partial charge in [0.15, 0.2) is 11.6 Å². The van der Waals surface area contributed by atoms with Gasteiger partial charge in [-0.2, -0.15) is 10.1 Å². The van der Waals surface area contributed by atoms with Crippen molar-refractivity contribution in [1.29, 1.82) is 0 Å². The number of ether oxygens (including phenoxy) is 2. The van der Waals surface area contributed by atoms with E-state index in [9.17, 15) is 14.0 Å². The molecule has 1 saturated heterocycles. The number of rotatable bonds is 11. The van der Waals surface area contributed by atoms with Crippen LogP contribution in [-0.2, 0) is 20.9 Å². The van der Waals surface area contributed by atoms with Crippen LogP contribution in [0.3, 0.4) is 0 Å². The lowest BCUT2D eigenvalue weighted by atomic mass is 9.97. The van der Waals surface area contributed by atoms with Crippen LogP contribution < -0.4 is 21.1 Å². The van der Waals surface area contributed by atoms with E-state index in [1.54, 1.807) is 4.52 Å². The Morgan fingerprint density at radius 3 is 2.62 bits per heavy atom. The molecule has 0 spiro atoms. The van der Waals surface area contributed by atoms with Gasteiger partial charge in [-0.3, -0.25) is 14.5 Å². The fourth-order valence-corrected chi connectivity index (χ4v) is 4.79. The summed E-state index contributed by atoms with van der Waals surface area (Å²) in [5, 5.41) is 10.2. The zero-order chi connectivity index (χ0) is 29.6. The summed E-state index contributed by atoms with van der Waals surface area (Å²) in [6.07, 6.45) is 3.18. The highest BCUT2D eigenvalue weighted by Gasteiger charge is 2.28. The number of nitrogens with zero attached hydrogens (tertiary/aromatic N) is 4. The molecule has 1 atom stereocenters. The number of morpholine rings is 1. The molecule has 0 aliphatic carbocycles. The van der Waals surface area contributed by atoms with Crippen molar-refractivity contribution in [3.05, 3.63) is 83.3 Å². The predicted molar refractivity (Wildman–Crippen MR) is 150 cm³/mol. The average Bonchev–Trinajstić information content (AvgIpc) is 3.30. The Morgan fingerprint density at radius 2 is 1.90 bits per heavy atom. The van der Waals surface area contributed by atoms with Gasteiger partial charge in [-0.25, -0.2) is 13.3 Å². The van der Waals surface area contributed by atoms with E-state index in [2.05, 4.69) is 25.6 Å². The lowest BCUT2D eigenvalue weighted by Gasteiger charge is -2.26. The maximum absolute atomic E-state index is 15.2. The summed E-state index contributed by atoms with van der Waals surface area (Å²) < 4.78 is 41.3. The molecule has 0 bridgehead atoms. The van der Waals surface area contributed by atoms with Crippen molar-refractivity contribution in [2.45, 2.75) is 19.4 Å². The molecular weight excluding hydrogens is 548 g/mol. The zero-order valence-electron chi connectivity index (χ0n) is 23.0. The highest BCUT2D eigenvalue weighted by Crippen LogP contribution is 2.31. The maximum atomic E-state index is 15.2. The van der Waals surface area contributed by atoms with Crippen LogP contribution in [-0.4, -0.2) is 70.7 Å². The number of fused-ring (bicyclic) bond motifs is 1. The average molecular weight is 580 g/mol. The number of hydrogen-bond acceptors (Lipinski definition) is 8. The molecule has 0 saturated carbocycles. The number of halogens is 2. The van der Waals surface area contributed by atoms with E-state index < -0.39 is 29.4 Å². The molecule has 1 aliphatic rings. The zero-order valence-corrected chi connectivity index (χ0v) is 23.0. The second kappa shape index (κ2) is 13.0. The van der Waals surface area contributed by atoms with Crippen LogP contribution >= 0.6 is 0 Å². The van der Waals surface area contributed by atoms with Crippen molar-refractivity contribution in [2.75, 3.05) is 44.7 Å². The first-order chi connectivity index (χ1) is 20.3. The summed E-state index contributed by atoms with van der Waals surface area (Å²) in [6.45, 7) is 7.63. The quantitative estimate of drug-likeness (QED) is 0.182. The second-order valence-electron chi connectivity index (χ2n) is 9.89. The first-order valence-electron chi connectivity index (χ1n) is 13.5. The van der Waals surface area contributed by atoms with E-state index >= 15 is 4.39 Å². The van der Waals surface area contributed by atoms with Crippen LogP contribution in [0.4, 0.5) is 14.5 Å². The minimum Gasteiger partial charge on any atom is -0.434 e. The number of amides is 2. The number of aromatic nitrogens is 3. The van der Waals surface area contributed by atoms with Gasteiger partial charge in [0.2, 0.25) is 17.7 Å². The van der Waals surface area contributed by atoms with E-state index in [1.165, 1.54) is 30.6 Å². The topological polar surface area (TPSA) is 136 Å². The summed E-state index contributed by atoms with van der Waals surface area (Å²) in [7, 11) is 0. The molecule has 220 valence electrons. The summed E-state index contributed by atoms with van der Waals surface area (Å²) in [5.41, 5.74) is 8.23. The number of carbonyl (C=O) groups excluding carboxylic acids is 2. The van der Waals surface area contributed by atoms with Crippen molar-refractivity contribution in [3.63, 3.8) is 0 Å². The summed E-state index contributed by atoms with van der Waals surface area (Å²) in [6, 6.07) is 8.68. The summed E-state index contributed by atoms with van der Waals surface area (Å²) in [5.74, 6) is -4.57. The standard InChI is InChI=1S/C29H31F2N7O4/c1-18-20(15-33-8-9-37-10-12-41-13-11-37)16-38-26(18)29(34-17-35-38)42-24-7-2-19(14-23(24)31)25(27(32)39)28(40)36-22-5-3-21(30)4-6-22/h2-7,14,16-17,25,33H,8-13,15H2,1H3,(H2,32,39)(H,36,40). The number of hydrogen-bond donors (Lipinski definition) is 3. The van der Waals surface area contributed by atoms with E-state index in [-0.39, 0.29) is 22.9 Å². The van der Waals surface area contributed by atoms with E-state index in [4.69, 9.17) is 15.2 Å². The first kappa shape index (κ1) is 29.0. The molecule has 0 radical (unpaired) electrons. The number of anilines is 1. The monoisotopic (exact) mass is 579 g/mol. The van der Waals surface area contributed by atoms with Gasteiger partial charge in [0.1, 0.15) is 23.6 Å². The van der Waals surface area contributed by atoms with Crippen LogP contribution in [0.1, 0.15) is 22.6 Å². The molecule has 3 heterocycles. The van der Waals surface area contributed by atoms with Crippen LogP contribution in [0.25, 0.3) is 5.52 Å². The molecule has 13 heteroatoms. The Labute approximate surface area is 240 Å². The molecule has 5 rings (SSSR count). The number of nitrogens with one attached hydrogen (secondary N) is 2. The molecule has 2 aromatic carbocycles. The molecule has 1 fully saturated rings. The number of aryl methyl sites for hydroxylation is 1. The number of carbonyl (C=O) groups is 2. The minimum atomic E-state index is -1.49. The van der Waals surface area contributed by atoms with Gasteiger partial charge in [0.05, 0.1) is 13.2 Å². The van der Waals surface area contributed by atoms with Crippen LogP contribution in [0.2, 0.25) is 0 Å². The largest absolute Gasteiger partial charge is 0.434 e. The highest BCUT2D eigenvalue weighted by molar-refractivity contribution is 6.10. The molecule has 11 nitrogen and oxygen atoms in total. The summed E-state index contributed by atoms with van der Waals surface area (Å²) >= 11 is 0. The number of primary amides is 1. The Hall–Kier alpha value is -4.46. The van der Waals surface area contributed by atoms with Crippen molar-refractivity contribution in [2.24, 2.45) is 5.73 Å². The molecule has 42 heavy (non-hydrogen) atoms.